The normalized spacial score (nSPS) is 7.43. The van der Waals surface area contributed by atoms with Crippen molar-refractivity contribution in [1.82, 2.24) is 15.2 Å². The van der Waals surface area contributed by atoms with E-state index in [-0.39, 0.29) is 25.4 Å². The van der Waals surface area contributed by atoms with Gasteiger partial charge in [-0.2, -0.15) is 0 Å². The third-order valence-electron chi connectivity index (χ3n) is 0.434. The van der Waals surface area contributed by atoms with E-state index in [1.165, 1.54) is 6.33 Å². The van der Waals surface area contributed by atoms with Gasteiger partial charge in [-0.1, -0.05) is 0 Å². The van der Waals surface area contributed by atoms with E-state index in [1.807, 2.05) is 0 Å². The molecule has 1 heterocycles. The third kappa shape index (κ3) is 1.64. The molecule has 0 aliphatic carbocycles. The van der Waals surface area contributed by atoms with E-state index in [2.05, 4.69) is 15.2 Å². The van der Waals surface area contributed by atoms with Crippen molar-refractivity contribution in [2.24, 2.45) is 0 Å². The fourth-order valence-electron chi connectivity index (χ4n) is 0.219. The van der Waals surface area contributed by atoms with Crippen LogP contribution in [0.15, 0.2) is 6.33 Å². The summed E-state index contributed by atoms with van der Waals surface area (Å²) in [4.78, 5) is 3.53. The summed E-state index contributed by atoms with van der Waals surface area (Å²) in [5.74, 6) is 0.287. The zero-order valence-corrected chi connectivity index (χ0v) is 6.72. The van der Waals surface area contributed by atoms with Crippen molar-refractivity contribution in [3.63, 3.8) is 0 Å². The molecular weight excluding hydrogens is 145 g/mol. The molecule has 3 N–H and O–H groups in total. The molecule has 0 atom stereocenters. The molecule has 4 nitrogen and oxygen atoms in total. The number of hydrogen-bond acceptors (Lipinski definition) is 3. The maximum Gasteiger partial charge on any atom is 0.239 e. The fraction of sp³-hybridized carbons (Fsp3) is 0. The Bertz CT molecular complexity index is 113. The summed E-state index contributed by atoms with van der Waals surface area (Å²) in [7, 11) is 0. The minimum absolute atomic E-state index is 0. The number of nitrogens with zero attached hydrogens (tertiary/aromatic N) is 2. The molecule has 1 aromatic heterocycles. The molecule has 0 aliphatic rings. The number of rotatable bonds is 0. The predicted molar refractivity (Wildman–Crippen MR) is 20.8 cm³/mol. The zero-order chi connectivity index (χ0) is 4.41. The number of hydrogen-bond donors (Lipinski definition) is 2. The Morgan fingerprint density at radius 2 is 2.43 bits per heavy atom. The second-order valence-corrected chi connectivity index (χ2v) is 0.857. The summed E-state index contributed by atoms with van der Waals surface area (Å²) in [6.07, 6.45) is 1.43. The van der Waals surface area contributed by atoms with Crippen LogP contribution >= 0.6 is 0 Å². The molecule has 7 heavy (non-hydrogen) atoms. The van der Waals surface area contributed by atoms with Crippen LogP contribution in [0.1, 0.15) is 0 Å². The van der Waals surface area contributed by atoms with E-state index in [4.69, 9.17) is 5.73 Å². The number of H-pyrrole nitrogens is 1. The Balaban J connectivity index is 0.000000360. The Hall–Kier alpha value is -0.437. The standard InChI is InChI=1S/C2H4N4.Zn/c3-2-4-1-5-6-2;/h1H,(H3,3,4,5,6);. The molecule has 0 unspecified atom stereocenters. The summed E-state index contributed by atoms with van der Waals surface area (Å²) < 4.78 is 0. The first-order chi connectivity index (χ1) is 2.89. The third-order valence-corrected chi connectivity index (χ3v) is 0.434. The van der Waals surface area contributed by atoms with Gasteiger partial charge in [0.1, 0.15) is 6.33 Å². The van der Waals surface area contributed by atoms with Gasteiger partial charge in [-0.15, -0.1) is 5.10 Å². The molecule has 0 aromatic carbocycles. The summed E-state index contributed by atoms with van der Waals surface area (Å²) in [6.45, 7) is 0. The molecule has 0 saturated carbocycles. The van der Waals surface area contributed by atoms with Crippen LogP contribution in [0.5, 0.6) is 0 Å². The van der Waals surface area contributed by atoms with Crippen LogP contribution in [0.4, 0.5) is 5.95 Å². The molecular formula is C2H4N4Zn. The van der Waals surface area contributed by atoms with Gasteiger partial charge in [0.25, 0.3) is 0 Å². The van der Waals surface area contributed by atoms with Crippen LogP contribution < -0.4 is 5.73 Å². The van der Waals surface area contributed by atoms with Gasteiger partial charge >= 0.3 is 0 Å². The van der Waals surface area contributed by atoms with E-state index < -0.39 is 0 Å². The van der Waals surface area contributed by atoms with Gasteiger partial charge in [-0.3, -0.25) is 5.10 Å². The van der Waals surface area contributed by atoms with Gasteiger partial charge in [0.05, 0.1) is 0 Å². The quantitative estimate of drug-likeness (QED) is 0.484. The van der Waals surface area contributed by atoms with E-state index in [0.29, 0.717) is 0 Å². The molecule has 0 fully saturated rings. The van der Waals surface area contributed by atoms with Crippen LogP contribution in [0.2, 0.25) is 0 Å². The van der Waals surface area contributed by atoms with Gasteiger partial charge in [0, 0.05) is 19.5 Å². The van der Waals surface area contributed by atoms with Gasteiger partial charge < -0.3 is 5.73 Å². The monoisotopic (exact) mass is 148 g/mol. The van der Waals surface area contributed by atoms with Crippen molar-refractivity contribution in [1.29, 1.82) is 0 Å². The smallest absolute Gasteiger partial charge is 0.239 e. The number of nitrogens with one attached hydrogen (secondary N) is 1. The van der Waals surface area contributed by atoms with Crippen LogP contribution in [-0.2, 0) is 19.5 Å². The van der Waals surface area contributed by atoms with Crippen LogP contribution in [0.3, 0.4) is 0 Å². The minimum Gasteiger partial charge on any atom is -0.367 e. The minimum atomic E-state index is 0. The summed E-state index contributed by atoms with van der Waals surface area (Å²) in [5, 5.41) is 5.90. The molecule has 0 saturated heterocycles. The summed E-state index contributed by atoms with van der Waals surface area (Å²) in [5.41, 5.74) is 5.02. The number of aromatic amines is 1. The van der Waals surface area contributed by atoms with Crippen molar-refractivity contribution < 1.29 is 19.5 Å². The Morgan fingerprint density at radius 1 is 1.71 bits per heavy atom. The number of nitrogens with two attached hydrogens (primary N) is 1. The molecule has 1 rings (SSSR count). The zero-order valence-electron chi connectivity index (χ0n) is 3.76. The van der Waals surface area contributed by atoms with Crippen molar-refractivity contribution in [2.45, 2.75) is 0 Å². The Kier molecular flexibility index (Phi) is 2.52. The number of aromatic nitrogens is 3. The van der Waals surface area contributed by atoms with E-state index in [0.717, 1.165) is 0 Å². The van der Waals surface area contributed by atoms with Gasteiger partial charge in [-0.05, 0) is 0 Å². The van der Waals surface area contributed by atoms with Crippen LogP contribution in [0, 0.1) is 0 Å². The van der Waals surface area contributed by atoms with Gasteiger partial charge in [0.2, 0.25) is 5.95 Å². The average molecular weight is 149 g/mol. The molecule has 1 aromatic rings. The van der Waals surface area contributed by atoms with Crippen molar-refractivity contribution in [2.75, 3.05) is 5.73 Å². The largest absolute Gasteiger partial charge is 0.367 e. The number of nitrogen functional groups attached to an aromatic ring is 1. The van der Waals surface area contributed by atoms with Gasteiger partial charge in [0.15, 0.2) is 0 Å². The first-order valence-electron chi connectivity index (χ1n) is 1.51. The maximum absolute atomic E-state index is 5.02. The van der Waals surface area contributed by atoms with E-state index >= 15 is 0 Å². The van der Waals surface area contributed by atoms with Crippen molar-refractivity contribution in [3.8, 4) is 0 Å². The Labute approximate surface area is 53.3 Å². The molecule has 5 heteroatoms. The first kappa shape index (κ1) is 6.56. The predicted octanol–water partition coefficient (Wildman–Crippen LogP) is -0.616. The van der Waals surface area contributed by atoms with Crippen LogP contribution in [-0.4, -0.2) is 15.2 Å². The number of anilines is 1. The fourth-order valence-corrected chi connectivity index (χ4v) is 0.219. The van der Waals surface area contributed by atoms with Crippen molar-refractivity contribution >= 4 is 5.95 Å². The molecule has 0 aliphatic heterocycles. The van der Waals surface area contributed by atoms with Crippen LogP contribution in [0.25, 0.3) is 0 Å². The summed E-state index contributed by atoms with van der Waals surface area (Å²) in [6, 6.07) is 0. The SMILES string of the molecule is Nc1nc[nH]n1.[Zn]. The van der Waals surface area contributed by atoms with E-state index in [9.17, 15) is 0 Å². The first-order valence-corrected chi connectivity index (χ1v) is 1.51. The topological polar surface area (TPSA) is 67.6 Å². The average Bonchev–Trinajstić information content (AvgIpc) is 1.86. The second-order valence-electron chi connectivity index (χ2n) is 0.857. The molecule has 34 valence electrons. The second kappa shape index (κ2) is 2.69. The molecule has 0 amide bonds. The maximum atomic E-state index is 5.02. The van der Waals surface area contributed by atoms with Gasteiger partial charge in [-0.25, -0.2) is 4.98 Å². The Morgan fingerprint density at radius 3 is 2.57 bits per heavy atom. The van der Waals surface area contributed by atoms with Crippen molar-refractivity contribution in [3.05, 3.63) is 6.33 Å². The molecule has 0 radical (unpaired) electrons. The summed E-state index contributed by atoms with van der Waals surface area (Å²) >= 11 is 0. The molecule has 0 bridgehead atoms. The van der Waals surface area contributed by atoms with E-state index in [1.54, 1.807) is 0 Å². The molecule has 0 spiro atoms.